The largest absolute Gasteiger partial charge is 0.471 e. The van der Waals surface area contributed by atoms with E-state index in [1.807, 2.05) is 0 Å². The highest BCUT2D eigenvalue weighted by atomic mass is 31.2. The molecule has 0 bridgehead atoms. The number of rotatable bonds is 8. The van der Waals surface area contributed by atoms with Gasteiger partial charge in [0.05, 0.1) is 0 Å². The Morgan fingerprint density at radius 3 is 2.47 bits per heavy atom. The summed E-state index contributed by atoms with van der Waals surface area (Å²) >= 11 is 0. The second-order valence-corrected chi connectivity index (χ2v) is 9.89. The monoisotopic (exact) mass is 555 g/mol. The highest BCUT2D eigenvalue weighted by Gasteiger charge is 2.44. The van der Waals surface area contributed by atoms with Crippen molar-refractivity contribution < 1.29 is 51.2 Å². The zero-order chi connectivity index (χ0) is 27.8. The molecular weight excluding hydrogens is 534 g/mol. The van der Waals surface area contributed by atoms with Crippen LogP contribution in [0.2, 0.25) is 0 Å². The Morgan fingerprint density at radius 1 is 1.13 bits per heavy atom. The van der Waals surface area contributed by atoms with E-state index in [0.717, 1.165) is 24.3 Å². The van der Waals surface area contributed by atoms with Crippen LogP contribution in [0.1, 0.15) is 39.9 Å². The van der Waals surface area contributed by atoms with Crippen LogP contribution in [-0.4, -0.2) is 56.0 Å². The van der Waals surface area contributed by atoms with E-state index in [0.29, 0.717) is 16.0 Å². The number of hydrogen-bond acceptors (Lipinski definition) is 6. The average Bonchev–Trinajstić information content (AvgIpc) is 3.17. The van der Waals surface area contributed by atoms with Crippen molar-refractivity contribution >= 4 is 31.5 Å². The molecule has 0 saturated carbocycles. The molecule has 202 valence electrons. The lowest BCUT2D eigenvalue weighted by Crippen LogP contribution is -2.55. The number of alkyl halides is 2. The van der Waals surface area contributed by atoms with E-state index in [-0.39, 0.29) is 31.5 Å². The van der Waals surface area contributed by atoms with Crippen LogP contribution < -0.4 is 5.32 Å². The molecule has 1 fully saturated rings. The molecule has 2 heterocycles. The molecule has 2 aliphatic heterocycles. The van der Waals surface area contributed by atoms with Gasteiger partial charge in [-0.05, 0) is 47.9 Å². The van der Waals surface area contributed by atoms with E-state index in [1.54, 1.807) is 0 Å². The number of phosphoric ester groups is 1. The van der Waals surface area contributed by atoms with Crippen molar-refractivity contribution in [1.82, 2.24) is 15.1 Å². The van der Waals surface area contributed by atoms with E-state index in [1.165, 1.54) is 23.1 Å². The minimum atomic E-state index is -4.96. The summed E-state index contributed by atoms with van der Waals surface area (Å²) in [6, 6.07) is 6.54. The van der Waals surface area contributed by atoms with Gasteiger partial charge in [0.25, 0.3) is 17.7 Å². The Balaban J connectivity index is 1.43. The Morgan fingerprint density at radius 2 is 1.82 bits per heavy atom. The predicted molar refractivity (Wildman–Crippen MR) is 121 cm³/mol. The summed E-state index contributed by atoms with van der Waals surface area (Å²) in [4.78, 5) is 69.5. The highest BCUT2D eigenvalue weighted by Crippen LogP contribution is 2.37. The fourth-order valence-corrected chi connectivity index (χ4v) is 4.49. The number of piperidine rings is 1. The molecule has 3 N–H and O–H groups in total. The lowest BCUT2D eigenvalue weighted by molar-refractivity contribution is -0.156. The zero-order valence-corrected chi connectivity index (χ0v) is 20.4. The van der Waals surface area contributed by atoms with Gasteiger partial charge in [-0.1, -0.05) is 12.1 Å². The minimum Gasteiger partial charge on any atom is -0.346 e. The van der Waals surface area contributed by atoms with Gasteiger partial charge in [0, 0.05) is 30.6 Å². The van der Waals surface area contributed by atoms with E-state index in [9.17, 15) is 36.9 Å². The van der Waals surface area contributed by atoms with Crippen molar-refractivity contribution in [3.05, 3.63) is 70.5 Å². The maximum Gasteiger partial charge on any atom is 0.471 e. The molecule has 1 unspecified atom stereocenters. The molecule has 11 nitrogen and oxygen atoms in total. The third-order valence-electron chi connectivity index (χ3n) is 6.16. The van der Waals surface area contributed by atoms with Crippen LogP contribution >= 0.6 is 7.82 Å². The van der Waals surface area contributed by atoms with Gasteiger partial charge in [-0.2, -0.15) is 8.78 Å². The lowest BCUT2D eigenvalue weighted by Gasteiger charge is -2.35. The first-order valence-electron chi connectivity index (χ1n) is 11.2. The summed E-state index contributed by atoms with van der Waals surface area (Å²) in [6.07, 6.45) is -0.175. The molecule has 2 aromatic carbocycles. The van der Waals surface area contributed by atoms with Gasteiger partial charge in [-0.25, -0.2) is 8.96 Å². The number of likely N-dealkylation sites (tertiary alicyclic amines) is 1. The number of fused-ring (bicyclic) bond motifs is 1. The van der Waals surface area contributed by atoms with Crippen molar-refractivity contribution in [1.29, 1.82) is 0 Å². The van der Waals surface area contributed by atoms with Gasteiger partial charge in [-0.15, -0.1) is 0 Å². The highest BCUT2D eigenvalue weighted by molar-refractivity contribution is 7.46. The molecule has 0 aromatic heterocycles. The first kappa shape index (κ1) is 27.5. The second kappa shape index (κ2) is 10.3. The molecule has 0 aliphatic carbocycles. The first-order valence-corrected chi connectivity index (χ1v) is 12.7. The topological polar surface area (TPSA) is 154 Å². The van der Waals surface area contributed by atoms with Crippen LogP contribution in [0.3, 0.4) is 0 Å². The number of nitrogens with one attached hydrogen (secondary N) is 1. The van der Waals surface area contributed by atoms with Gasteiger partial charge in [0.15, 0.2) is 0 Å². The Hall–Kier alpha value is -3.58. The van der Waals surface area contributed by atoms with Crippen molar-refractivity contribution in [2.75, 3.05) is 6.73 Å². The van der Waals surface area contributed by atoms with Gasteiger partial charge in [0.2, 0.25) is 5.91 Å². The maximum atomic E-state index is 14.4. The number of amides is 4. The average molecular weight is 555 g/mol. The number of imide groups is 1. The van der Waals surface area contributed by atoms with E-state index >= 15 is 0 Å². The Labute approximate surface area is 213 Å². The van der Waals surface area contributed by atoms with Crippen LogP contribution in [0.4, 0.5) is 13.2 Å². The van der Waals surface area contributed by atoms with E-state index in [2.05, 4.69) is 9.84 Å². The summed E-state index contributed by atoms with van der Waals surface area (Å²) in [5, 5.41) is 2.12. The minimum absolute atomic E-state index is 0.00874. The molecule has 4 amide bonds. The summed E-state index contributed by atoms with van der Waals surface area (Å²) in [7, 11) is -4.96. The quantitative estimate of drug-likeness (QED) is 0.329. The van der Waals surface area contributed by atoms with Gasteiger partial charge >= 0.3 is 13.7 Å². The molecule has 0 radical (unpaired) electrons. The predicted octanol–water partition coefficient (Wildman–Crippen LogP) is 1.77. The fourth-order valence-electron chi connectivity index (χ4n) is 4.22. The third kappa shape index (κ3) is 5.63. The molecule has 38 heavy (non-hydrogen) atoms. The van der Waals surface area contributed by atoms with Crippen molar-refractivity contribution in [2.24, 2.45) is 0 Å². The Bertz CT molecular complexity index is 1350. The van der Waals surface area contributed by atoms with Crippen LogP contribution in [-0.2, 0) is 42.5 Å². The molecule has 0 spiro atoms. The SMILES string of the molecule is O=C1CCC(N2Cc3cc(CNC(=O)C(F)(F)c4ccc(F)cc4)ccc3C2=O)C(=O)N1COP(=O)(O)O. The molecule has 1 atom stereocenters. The van der Waals surface area contributed by atoms with Gasteiger partial charge in [-0.3, -0.25) is 28.6 Å². The number of carbonyl (C=O) groups is 4. The second-order valence-electron chi connectivity index (χ2n) is 8.65. The number of nitrogens with zero attached hydrogens (tertiary/aromatic N) is 2. The number of phosphoric acid groups is 1. The van der Waals surface area contributed by atoms with Crippen LogP contribution in [0.25, 0.3) is 0 Å². The van der Waals surface area contributed by atoms with Gasteiger partial charge < -0.3 is 20.0 Å². The van der Waals surface area contributed by atoms with Gasteiger partial charge in [0.1, 0.15) is 18.6 Å². The molecule has 1 saturated heterocycles. The normalized spacial score (nSPS) is 18.1. The number of benzene rings is 2. The molecule has 4 rings (SSSR count). The van der Waals surface area contributed by atoms with E-state index < -0.39 is 61.5 Å². The molecule has 15 heteroatoms. The number of halogens is 3. The van der Waals surface area contributed by atoms with Crippen LogP contribution in [0.15, 0.2) is 42.5 Å². The van der Waals surface area contributed by atoms with Crippen LogP contribution in [0, 0.1) is 5.82 Å². The standard InChI is InChI=1S/C23H21F3N3O8P/c24-16-4-2-15(3-5-16)23(25,26)22(33)27-10-13-1-6-17-14(9-13)11-28(20(17)31)18-7-8-19(30)29(21(18)32)12-37-38(34,35)36/h1-6,9,18H,7-8,10-12H2,(H,27,33)(H2,34,35,36). The first-order chi connectivity index (χ1) is 17.8. The number of hydrogen-bond donors (Lipinski definition) is 3. The zero-order valence-electron chi connectivity index (χ0n) is 19.5. The summed E-state index contributed by atoms with van der Waals surface area (Å²) in [5.74, 6) is -8.33. The third-order valence-corrected chi connectivity index (χ3v) is 6.61. The van der Waals surface area contributed by atoms with Crippen molar-refractivity contribution in [3.63, 3.8) is 0 Å². The number of carbonyl (C=O) groups excluding carboxylic acids is 4. The Kier molecular flexibility index (Phi) is 7.44. The molecular formula is C23H21F3N3O8P. The van der Waals surface area contributed by atoms with E-state index in [4.69, 9.17) is 9.79 Å². The fraction of sp³-hybridized carbons (Fsp3) is 0.304. The summed E-state index contributed by atoms with van der Waals surface area (Å²) < 4.78 is 57.1. The maximum absolute atomic E-state index is 14.4. The van der Waals surface area contributed by atoms with Crippen molar-refractivity contribution in [2.45, 2.75) is 37.9 Å². The summed E-state index contributed by atoms with van der Waals surface area (Å²) in [5.41, 5.74) is 0.403. The van der Waals surface area contributed by atoms with Crippen LogP contribution in [0.5, 0.6) is 0 Å². The summed E-state index contributed by atoms with van der Waals surface area (Å²) in [6.45, 7) is -1.33. The smallest absolute Gasteiger partial charge is 0.346 e. The van der Waals surface area contributed by atoms with Crippen molar-refractivity contribution in [3.8, 4) is 0 Å². The molecule has 2 aromatic rings. The lowest BCUT2D eigenvalue weighted by atomic mass is 10.0. The molecule has 2 aliphatic rings.